The van der Waals surface area contributed by atoms with Gasteiger partial charge in [0.05, 0.1) is 6.04 Å². The summed E-state index contributed by atoms with van der Waals surface area (Å²) < 4.78 is -0.613. The zero-order valence-corrected chi connectivity index (χ0v) is 10.7. The van der Waals surface area contributed by atoms with Crippen molar-refractivity contribution in [1.29, 1.82) is 0 Å². The van der Waals surface area contributed by atoms with Crippen molar-refractivity contribution in [3.05, 3.63) is 0 Å². The average Bonchev–Trinajstić information content (AvgIpc) is 3.04. The van der Waals surface area contributed by atoms with Gasteiger partial charge in [0.25, 0.3) is 0 Å². The number of alkyl halides is 2. The van der Waals surface area contributed by atoms with Crippen LogP contribution in [0.15, 0.2) is 0 Å². The normalized spacial score (nSPS) is 44.7. The number of piperidine rings is 1. The van der Waals surface area contributed by atoms with E-state index in [0.29, 0.717) is 6.04 Å². The number of hydrogen-bond donors (Lipinski definition) is 2. The molecule has 2 saturated carbocycles. The first-order valence-electron chi connectivity index (χ1n) is 5.91. The van der Waals surface area contributed by atoms with Crippen molar-refractivity contribution in [2.24, 2.45) is 11.8 Å². The van der Waals surface area contributed by atoms with Crippen molar-refractivity contribution in [3.63, 3.8) is 0 Å². The second kappa shape index (κ2) is 3.50. The van der Waals surface area contributed by atoms with E-state index in [1.807, 2.05) is 6.92 Å². The van der Waals surface area contributed by atoms with Crippen LogP contribution in [-0.4, -0.2) is 28.4 Å². The van der Waals surface area contributed by atoms with Crippen molar-refractivity contribution < 1.29 is 4.79 Å². The van der Waals surface area contributed by atoms with Gasteiger partial charge in [0.1, 0.15) is 4.33 Å². The van der Waals surface area contributed by atoms with Gasteiger partial charge in [0.2, 0.25) is 5.91 Å². The van der Waals surface area contributed by atoms with Gasteiger partial charge in [-0.3, -0.25) is 4.79 Å². The summed E-state index contributed by atoms with van der Waals surface area (Å²) >= 11 is 11.9. The van der Waals surface area contributed by atoms with Gasteiger partial charge in [0.15, 0.2) is 0 Å². The first-order valence-corrected chi connectivity index (χ1v) is 6.67. The molecule has 1 saturated heterocycles. The second-order valence-electron chi connectivity index (χ2n) is 5.43. The predicted molar refractivity (Wildman–Crippen MR) is 63.6 cm³/mol. The largest absolute Gasteiger partial charge is 0.352 e. The minimum atomic E-state index is -0.613. The van der Waals surface area contributed by atoms with E-state index in [2.05, 4.69) is 10.6 Å². The van der Waals surface area contributed by atoms with Gasteiger partial charge in [-0.15, -0.1) is 23.2 Å². The van der Waals surface area contributed by atoms with Crippen molar-refractivity contribution in [2.45, 2.75) is 48.6 Å². The molecule has 1 aliphatic heterocycles. The number of carbonyl (C=O) groups excluding carboxylic acids is 1. The van der Waals surface area contributed by atoms with E-state index in [9.17, 15) is 4.79 Å². The van der Waals surface area contributed by atoms with Crippen LogP contribution in [0.4, 0.5) is 0 Å². The average molecular weight is 263 g/mol. The summed E-state index contributed by atoms with van der Waals surface area (Å²) in [7, 11) is 0. The molecule has 1 heterocycles. The summed E-state index contributed by atoms with van der Waals surface area (Å²) in [6, 6.07) is 0.679. The number of carbonyl (C=O) groups is 1. The van der Waals surface area contributed by atoms with Crippen molar-refractivity contribution in [3.8, 4) is 0 Å². The maximum atomic E-state index is 11.9. The molecule has 5 heteroatoms. The Morgan fingerprint density at radius 3 is 2.69 bits per heavy atom. The van der Waals surface area contributed by atoms with E-state index in [1.54, 1.807) is 0 Å². The maximum Gasteiger partial charge on any atom is 0.237 e. The highest BCUT2D eigenvalue weighted by Gasteiger charge is 2.55. The fraction of sp³-hybridized carbons (Fsp3) is 0.909. The van der Waals surface area contributed by atoms with Gasteiger partial charge in [0, 0.05) is 18.0 Å². The van der Waals surface area contributed by atoms with Crippen molar-refractivity contribution in [1.82, 2.24) is 10.6 Å². The number of rotatable bonds is 3. The molecule has 16 heavy (non-hydrogen) atoms. The van der Waals surface area contributed by atoms with Crippen molar-refractivity contribution >= 4 is 29.1 Å². The zero-order chi connectivity index (χ0) is 11.5. The molecule has 1 amide bonds. The third-order valence-corrected chi connectivity index (χ3v) is 4.91. The third-order valence-electron chi connectivity index (χ3n) is 4.04. The predicted octanol–water partition coefficient (Wildman–Crippen LogP) is 1.44. The van der Waals surface area contributed by atoms with Gasteiger partial charge in [-0.1, -0.05) is 0 Å². The van der Waals surface area contributed by atoms with Gasteiger partial charge in [-0.2, -0.15) is 0 Å². The van der Waals surface area contributed by atoms with Crippen LogP contribution in [0, 0.1) is 11.8 Å². The third kappa shape index (κ3) is 1.93. The van der Waals surface area contributed by atoms with Crippen LogP contribution in [-0.2, 0) is 4.79 Å². The lowest BCUT2D eigenvalue weighted by Crippen LogP contribution is -2.46. The standard InChI is InChI=1S/C11H16Cl2N2O/c1-5(7-4-11(7,12)13)14-10(16)9-3-6-2-8(6)15-9/h5-9,15H,2-4H2,1H3,(H,14,16)/t5-,6?,7-,8?,9?/m1/s1. The Bertz CT molecular complexity index is 324. The van der Waals surface area contributed by atoms with Gasteiger partial charge in [-0.05, 0) is 32.1 Å². The number of hydrogen-bond acceptors (Lipinski definition) is 2. The van der Waals surface area contributed by atoms with Crippen molar-refractivity contribution in [2.75, 3.05) is 0 Å². The summed E-state index contributed by atoms with van der Waals surface area (Å²) in [5.41, 5.74) is 0. The minimum Gasteiger partial charge on any atom is -0.352 e. The SMILES string of the molecule is C[C@@H](NC(=O)C1CC2CC2N1)[C@H]1CC1(Cl)Cl. The van der Waals surface area contributed by atoms with Crippen LogP contribution in [0.5, 0.6) is 0 Å². The Morgan fingerprint density at radius 1 is 1.50 bits per heavy atom. The molecule has 0 aromatic rings. The number of halogens is 2. The van der Waals surface area contributed by atoms with Crippen LogP contribution in [0.2, 0.25) is 0 Å². The monoisotopic (exact) mass is 262 g/mol. The van der Waals surface area contributed by atoms with E-state index in [0.717, 1.165) is 18.8 Å². The van der Waals surface area contributed by atoms with E-state index in [4.69, 9.17) is 23.2 Å². The maximum absolute atomic E-state index is 11.9. The molecular formula is C11H16Cl2N2O. The second-order valence-corrected chi connectivity index (χ2v) is 6.97. The van der Waals surface area contributed by atoms with Crippen LogP contribution < -0.4 is 10.6 Å². The molecule has 3 fully saturated rings. The fourth-order valence-corrected chi connectivity index (χ4v) is 3.44. The Morgan fingerprint density at radius 2 is 2.19 bits per heavy atom. The van der Waals surface area contributed by atoms with Gasteiger partial charge < -0.3 is 10.6 Å². The van der Waals surface area contributed by atoms with Gasteiger partial charge >= 0.3 is 0 Å². The number of nitrogens with one attached hydrogen (secondary N) is 2. The molecule has 2 N–H and O–H groups in total. The topological polar surface area (TPSA) is 41.1 Å². The molecule has 0 aromatic carbocycles. The summed E-state index contributed by atoms with van der Waals surface area (Å²) in [4.78, 5) is 11.9. The molecular weight excluding hydrogens is 247 g/mol. The Balaban J connectivity index is 1.49. The molecule has 3 rings (SSSR count). The summed E-state index contributed by atoms with van der Waals surface area (Å²) in [6.07, 6.45) is 3.01. The summed E-state index contributed by atoms with van der Waals surface area (Å²) in [5.74, 6) is 1.05. The Hall–Kier alpha value is 0.01000. The smallest absolute Gasteiger partial charge is 0.237 e. The van der Waals surface area contributed by atoms with Gasteiger partial charge in [-0.25, -0.2) is 0 Å². The molecule has 0 spiro atoms. The lowest BCUT2D eigenvalue weighted by atomic mass is 10.1. The zero-order valence-electron chi connectivity index (χ0n) is 9.17. The molecule has 3 aliphatic rings. The van der Waals surface area contributed by atoms with E-state index < -0.39 is 4.33 Å². The highest BCUT2D eigenvalue weighted by atomic mass is 35.5. The highest BCUT2D eigenvalue weighted by Crippen LogP contribution is 2.54. The van der Waals surface area contributed by atoms with Crippen LogP contribution in [0.3, 0.4) is 0 Å². The number of amides is 1. The first-order chi connectivity index (χ1) is 7.47. The minimum absolute atomic E-state index is 0.00463. The first kappa shape index (κ1) is 11.1. The van der Waals surface area contributed by atoms with Crippen LogP contribution >= 0.6 is 23.2 Å². The Labute approximate surface area is 105 Å². The fourth-order valence-electron chi connectivity index (χ4n) is 2.73. The molecule has 5 atom stereocenters. The molecule has 0 aromatic heterocycles. The molecule has 90 valence electrons. The van der Waals surface area contributed by atoms with E-state index >= 15 is 0 Å². The van der Waals surface area contributed by atoms with E-state index in [-0.39, 0.29) is 23.9 Å². The molecule has 0 bridgehead atoms. The van der Waals surface area contributed by atoms with Crippen LogP contribution in [0.1, 0.15) is 26.2 Å². The molecule has 0 radical (unpaired) electrons. The highest BCUT2D eigenvalue weighted by molar-refractivity contribution is 6.50. The molecule has 3 nitrogen and oxygen atoms in total. The molecule has 3 unspecified atom stereocenters. The summed E-state index contributed by atoms with van der Waals surface area (Å²) in [6.45, 7) is 1.98. The number of fused-ring (bicyclic) bond motifs is 1. The van der Waals surface area contributed by atoms with E-state index in [1.165, 1.54) is 6.42 Å². The van der Waals surface area contributed by atoms with Crippen LogP contribution in [0.25, 0.3) is 0 Å². The molecule has 2 aliphatic carbocycles. The quantitative estimate of drug-likeness (QED) is 0.756. The Kier molecular flexibility index (Phi) is 2.43. The lowest BCUT2D eigenvalue weighted by molar-refractivity contribution is -0.123. The lowest BCUT2D eigenvalue weighted by Gasteiger charge is -2.18. The summed E-state index contributed by atoms with van der Waals surface area (Å²) in [5, 5.41) is 6.35.